The Morgan fingerprint density at radius 1 is 1.05 bits per heavy atom. The number of nitrogens with zero attached hydrogens (tertiary/aromatic N) is 1. The van der Waals surface area contributed by atoms with Crippen LogP contribution in [0.2, 0.25) is 0 Å². The molecule has 0 aromatic heterocycles. The minimum atomic E-state index is -1.56. The molecule has 0 aliphatic carbocycles. The second-order valence-corrected chi connectivity index (χ2v) is 4.94. The summed E-state index contributed by atoms with van der Waals surface area (Å²) in [6.07, 6.45) is 1.63. The van der Waals surface area contributed by atoms with E-state index in [2.05, 4.69) is 0 Å². The van der Waals surface area contributed by atoms with E-state index in [1.807, 2.05) is 12.1 Å². The molecule has 1 aliphatic rings. The van der Waals surface area contributed by atoms with Crippen molar-refractivity contribution in [2.24, 2.45) is 0 Å². The van der Waals surface area contributed by atoms with E-state index in [9.17, 15) is 18.0 Å². The SMILES string of the molecule is O=C(c1cc(F)c(F)c(F)c1)N1CCCc2ccccc21. The van der Waals surface area contributed by atoms with Crippen molar-refractivity contribution in [3.63, 3.8) is 0 Å². The van der Waals surface area contributed by atoms with Crippen LogP contribution in [-0.4, -0.2) is 12.5 Å². The van der Waals surface area contributed by atoms with Crippen molar-refractivity contribution in [2.45, 2.75) is 12.8 Å². The number of hydrogen-bond acceptors (Lipinski definition) is 1. The second-order valence-electron chi connectivity index (χ2n) is 4.94. The molecule has 0 saturated carbocycles. The zero-order valence-corrected chi connectivity index (χ0v) is 11.1. The van der Waals surface area contributed by atoms with Crippen LogP contribution < -0.4 is 4.90 Å². The summed E-state index contributed by atoms with van der Waals surface area (Å²) >= 11 is 0. The average molecular weight is 291 g/mol. The van der Waals surface area contributed by atoms with E-state index in [0.717, 1.165) is 36.2 Å². The van der Waals surface area contributed by atoms with Crippen molar-refractivity contribution in [3.05, 3.63) is 65.0 Å². The Kier molecular flexibility index (Phi) is 3.41. The minimum absolute atomic E-state index is 0.192. The van der Waals surface area contributed by atoms with Gasteiger partial charge in [0.1, 0.15) is 0 Å². The first-order chi connectivity index (χ1) is 10.1. The van der Waals surface area contributed by atoms with Crippen LogP contribution in [0.1, 0.15) is 22.3 Å². The lowest BCUT2D eigenvalue weighted by Gasteiger charge is -2.29. The Bertz CT molecular complexity index is 691. The number of halogens is 3. The number of aryl methyl sites for hydroxylation is 1. The number of para-hydroxylation sites is 1. The summed E-state index contributed by atoms with van der Waals surface area (Å²) in [4.78, 5) is 13.9. The summed E-state index contributed by atoms with van der Waals surface area (Å²) in [6, 6.07) is 8.86. The van der Waals surface area contributed by atoms with Crippen molar-refractivity contribution < 1.29 is 18.0 Å². The lowest BCUT2D eigenvalue weighted by Crippen LogP contribution is -2.35. The standard InChI is InChI=1S/C16H12F3NO/c17-12-8-11(9-13(18)15(12)19)16(21)20-7-3-5-10-4-1-2-6-14(10)20/h1-2,4,6,8-9H,3,5,7H2. The van der Waals surface area contributed by atoms with Gasteiger partial charge in [-0.15, -0.1) is 0 Å². The van der Waals surface area contributed by atoms with E-state index in [-0.39, 0.29) is 5.56 Å². The van der Waals surface area contributed by atoms with E-state index < -0.39 is 23.4 Å². The van der Waals surface area contributed by atoms with E-state index in [1.165, 1.54) is 4.90 Å². The highest BCUT2D eigenvalue weighted by Crippen LogP contribution is 2.28. The Hall–Kier alpha value is -2.30. The van der Waals surface area contributed by atoms with Crippen LogP contribution in [0, 0.1) is 17.5 Å². The maximum Gasteiger partial charge on any atom is 0.258 e. The maximum atomic E-state index is 13.3. The van der Waals surface area contributed by atoms with Gasteiger partial charge in [-0.25, -0.2) is 13.2 Å². The molecule has 0 saturated heterocycles. The number of amides is 1. The highest BCUT2D eigenvalue weighted by Gasteiger charge is 2.25. The molecule has 0 N–H and O–H groups in total. The maximum absolute atomic E-state index is 13.3. The van der Waals surface area contributed by atoms with Gasteiger partial charge in [-0.05, 0) is 36.6 Å². The number of hydrogen-bond donors (Lipinski definition) is 0. The molecule has 2 aromatic carbocycles. The van der Waals surface area contributed by atoms with E-state index in [0.29, 0.717) is 6.54 Å². The predicted octanol–water partition coefficient (Wildman–Crippen LogP) is 3.70. The molecule has 1 aliphatic heterocycles. The molecule has 0 spiro atoms. The molecule has 0 fully saturated rings. The third-order valence-corrected chi connectivity index (χ3v) is 3.59. The molecule has 1 heterocycles. The Balaban J connectivity index is 2.00. The van der Waals surface area contributed by atoms with Gasteiger partial charge in [0.05, 0.1) is 0 Å². The highest BCUT2D eigenvalue weighted by molar-refractivity contribution is 6.06. The first kappa shape index (κ1) is 13.7. The van der Waals surface area contributed by atoms with Gasteiger partial charge >= 0.3 is 0 Å². The van der Waals surface area contributed by atoms with Gasteiger partial charge in [0.15, 0.2) is 17.5 Å². The number of carbonyl (C=O) groups excluding carboxylic acids is 1. The summed E-state index contributed by atoms with van der Waals surface area (Å²) in [5.41, 5.74) is 1.56. The van der Waals surface area contributed by atoms with Crippen LogP contribution in [0.4, 0.5) is 18.9 Å². The third-order valence-electron chi connectivity index (χ3n) is 3.59. The summed E-state index contributed by atoms with van der Waals surface area (Å²) in [5, 5.41) is 0. The second kappa shape index (κ2) is 5.24. The fourth-order valence-corrected chi connectivity index (χ4v) is 2.58. The van der Waals surface area contributed by atoms with Gasteiger partial charge in [-0.2, -0.15) is 0 Å². The summed E-state index contributed by atoms with van der Waals surface area (Å²) in [5.74, 6) is -4.81. The van der Waals surface area contributed by atoms with Gasteiger partial charge in [0.2, 0.25) is 0 Å². The molecule has 2 aromatic rings. The Morgan fingerprint density at radius 2 is 1.71 bits per heavy atom. The first-order valence-corrected chi connectivity index (χ1v) is 6.62. The zero-order chi connectivity index (χ0) is 15.0. The molecule has 0 atom stereocenters. The van der Waals surface area contributed by atoms with Crippen molar-refractivity contribution in [2.75, 3.05) is 11.4 Å². The topological polar surface area (TPSA) is 20.3 Å². The number of benzene rings is 2. The Morgan fingerprint density at radius 3 is 2.43 bits per heavy atom. The van der Waals surface area contributed by atoms with Crippen LogP contribution in [-0.2, 0) is 6.42 Å². The average Bonchev–Trinajstić information content (AvgIpc) is 2.51. The van der Waals surface area contributed by atoms with Crippen molar-refractivity contribution in [1.29, 1.82) is 0 Å². The van der Waals surface area contributed by atoms with Gasteiger partial charge in [-0.3, -0.25) is 4.79 Å². The van der Waals surface area contributed by atoms with Crippen LogP contribution in [0.5, 0.6) is 0 Å². The first-order valence-electron chi connectivity index (χ1n) is 6.62. The zero-order valence-electron chi connectivity index (χ0n) is 11.1. The van der Waals surface area contributed by atoms with Crippen molar-refractivity contribution in [1.82, 2.24) is 0 Å². The van der Waals surface area contributed by atoms with Crippen molar-refractivity contribution in [3.8, 4) is 0 Å². The number of carbonyl (C=O) groups is 1. The number of rotatable bonds is 1. The summed E-state index contributed by atoms with van der Waals surface area (Å²) in [6.45, 7) is 0.469. The van der Waals surface area contributed by atoms with E-state index in [4.69, 9.17) is 0 Å². The van der Waals surface area contributed by atoms with E-state index >= 15 is 0 Å². The molecule has 1 amide bonds. The summed E-state index contributed by atoms with van der Waals surface area (Å²) in [7, 11) is 0. The van der Waals surface area contributed by atoms with Crippen LogP contribution in [0.3, 0.4) is 0 Å². The molecule has 5 heteroatoms. The lowest BCUT2D eigenvalue weighted by molar-refractivity contribution is 0.0984. The smallest absolute Gasteiger partial charge is 0.258 e. The van der Waals surface area contributed by atoms with Gasteiger partial charge in [0.25, 0.3) is 5.91 Å². The molecule has 0 unspecified atom stereocenters. The monoisotopic (exact) mass is 291 g/mol. The van der Waals surface area contributed by atoms with Gasteiger partial charge < -0.3 is 4.90 Å². The van der Waals surface area contributed by atoms with Crippen LogP contribution in [0.25, 0.3) is 0 Å². The number of fused-ring (bicyclic) bond motifs is 1. The highest BCUT2D eigenvalue weighted by atomic mass is 19.2. The molecule has 3 rings (SSSR count). The lowest BCUT2D eigenvalue weighted by atomic mass is 10.0. The van der Waals surface area contributed by atoms with Crippen LogP contribution >= 0.6 is 0 Å². The largest absolute Gasteiger partial charge is 0.308 e. The summed E-state index contributed by atoms with van der Waals surface area (Å²) < 4.78 is 39.5. The third kappa shape index (κ3) is 2.39. The fourth-order valence-electron chi connectivity index (χ4n) is 2.58. The molecule has 0 radical (unpaired) electrons. The van der Waals surface area contributed by atoms with Gasteiger partial charge in [-0.1, -0.05) is 18.2 Å². The molecule has 21 heavy (non-hydrogen) atoms. The number of anilines is 1. The predicted molar refractivity (Wildman–Crippen MR) is 72.8 cm³/mol. The normalized spacial score (nSPS) is 14.0. The quantitative estimate of drug-likeness (QED) is 0.734. The fraction of sp³-hybridized carbons (Fsp3) is 0.188. The minimum Gasteiger partial charge on any atom is -0.308 e. The van der Waals surface area contributed by atoms with Crippen LogP contribution in [0.15, 0.2) is 36.4 Å². The van der Waals surface area contributed by atoms with Crippen molar-refractivity contribution >= 4 is 11.6 Å². The van der Waals surface area contributed by atoms with Gasteiger partial charge in [0, 0.05) is 17.8 Å². The molecule has 108 valence electrons. The molecule has 0 bridgehead atoms. The molecule has 2 nitrogen and oxygen atoms in total. The molecular formula is C16H12F3NO. The van der Waals surface area contributed by atoms with E-state index in [1.54, 1.807) is 12.1 Å². The Labute approximate surface area is 119 Å². The molecular weight excluding hydrogens is 279 g/mol.